The fraction of sp³-hybridized carbons (Fsp3) is 0.316. The van der Waals surface area contributed by atoms with Crippen molar-refractivity contribution in [2.45, 2.75) is 23.6 Å². The number of nitrogens with one attached hydrogen (secondary N) is 1. The summed E-state index contributed by atoms with van der Waals surface area (Å²) < 4.78 is 3.80. The van der Waals surface area contributed by atoms with Crippen LogP contribution >= 0.6 is 35.1 Å². The van der Waals surface area contributed by atoms with Crippen LogP contribution in [0.25, 0.3) is 5.57 Å². The van der Waals surface area contributed by atoms with Crippen LogP contribution in [0.4, 0.5) is 0 Å². The second kappa shape index (κ2) is 8.40. The van der Waals surface area contributed by atoms with Crippen molar-refractivity contribution >= 4 is 58.4 Å². The Hall–Kier alpha value is -2.37. The van der Waals surface area contributed by atoms with Crippen LogP contribution in [0.1, 0.15) is 17.4 Å². The number of hydrogen-bond donors (Lipinski definition) is 2. The highest BCUT2D eigenvalue weighted by Gasteiger charge is 2.65. The summed E-state index contributed by atoms with van der Waals surface area (Å²) in [4.78, 5) is 38.8. The highest BCUT2D eigenvalue weighted by molar-refractivity contribution is 8.05. The Kier molecular flexibility index (Phi) is 5.85. The molecular weight excluding hydrogens is 444 g/mol. The largest absolute Gasteiger partial charge is 0.477 e. The molecule has 2 atom stereocenters. The average molecular weight is 463 g/mol. The van der Waals surface area contributed by atoms with Crippen molar-refractivity contribution in [3.8, 4) is 0 Å². The predicted molar refractivity (Wildman–Crippen MR) is 117 cm³/mol. The maximum atomic E-state index is 13.3. The first-order valence-corrected chi connectivity index (χ1v) is 12.0. The lowest BCUT2D eigenvalue weighted by molar-refractivity contribution is -0.152. The molecule has 0 spiro atoms. The summed E-state index contributed by atoms with van der Waals surface area (Å²) in [7, 11) is 0. The van der Waals surface area contributed by atoms with E-state index in [0.29, 0.717) is 22.0 Å². The van der Waals surface area contributed by atoms with Crippen LogP contribution in [0.5, 0.6) is 0 Å². The van der Waals surface area contributed by atoms with Crippen LogP contribution in [0, 0.1) is 0 Å². The molecule has 2 aliphatic rings. The fourth-order valence-electron chi connectivity index (χ4n) is 3.56. The number of carboxylic acid groups (broad SMARTS) is 1. The first kappa shape index (κ1) is 20.9. The van der Waals surface area contributed by atoms with E-state index in [1.54, 1.807) is 0 Å². The Bertz CT molecular complexity index is 1010. The molecule has 2 N–H and O–H groups in total. The summed E-state index contributed by atoms with van der Waals surface area (Å²) >= 11 is 3.86. The molecule has 1 fully saturated rings. The molecule has 2 aliphatic heterocycles. The van der Waals surface area contributed by atoms with Crippen LogP contribution in [-0.4, -0.2) is 59.1 Å². The maximum absolute atomic E-state index is 13.3. The highest BCUT2D eigenvalue weighted by atomic mass is 32.2. The molecule has 30 heavy (non-hydrogen) atoms. The minimum absolute atomic E-state index is 0.0561. The van der Waals surface area contributed by atoms with Gasteiger partial charge in [-0.15, -0.1) is 28.6 Å². The Labute approximate surface area is 185 Å². The quantitative estimate of drug-likeness (QED) is 0.475. The summed E-state index contributed by atoms with van der Waals surface area (Å²) in [5, 5.41) is 16.0. The Morgan fingerprint density at radius 1 is 1.37 bits per heavy atom. The number of hydrogen-bond acceptors (Lipinski definition) is 8. The molecule has 0 aliphatic carbocycles. The van der Waals surface area contributed by atoms with Gasteiger partial charge in [-0.25, -0.2) is 4.79 Å². The van der Waals surface area contributed by atoms with Gasteiger partial charge in [0.25, 0.3) is 5.91 Å². The molecule has 156 valence electrons. The first-order chi connectivity index (χ1) is 14.5. The Balaban J connectivity index is 1.62. The normalized spacial score (nSPS) is 23.0. The number of carbonyl (C=O) groups excluding carboxylic acids is 2. The van der Waals surface area contributed by atoms with Gasteiger partial charge >= 0.3 is 5.97 Å². The standard InChI is InChI=1S/C19H18N4O4S3/c1-2-29-19(21-14(24)8-11-6-4-3-5-7-11)17(27)23-15(16(25)26)12(10-28-18(19)23)13-9-20-22-30-13/h3-7,9,18H,2,8,10H2,1H3,(H,21,24)(H,25,26)/t18-,19-/m0/s1. The number of aliphatic carboxylic acids is 1. The van der Waals surface area contributed by atoms with Gasteiger partial charge in [-0.3, -0.25) is 14.5 Å². The number of carboxylic acids is 1. The van der Waals surface area contributed by atoms with E-state index in [9.17, 15) is 19.5 Å². The number of amides is 2. The number of thioether (sulfide) groups is 2. The Morgan fingerprint density at radius 3 is 2.77 bits per heavy atom. The van der Waals surface area contributed by atoms with Gasteiger partial charge in [0.1, 0.15) is 11.1 Å². The van der Waals surface area contributed by atoms with E-state index < -0.39 is 22.1 Å². The van der Waals surface area contributed by atoms with Crippen LogP contribution in [-0.2, 0) is 20.8 Å². The number of rotatable bonds is 7. The SMILES string of the molecule is CCS[C@@]1(NC(=O)Cc2ccccc2)C(=O)N2C(C(=O)O)=C(c3cnns3)CS[C@H]21. The van der Waals surface area contributed by atoms with Crippen molar-refractivity contribution < 1.29 is 19.5 Å². The van der Waals surface area contributed by atoms with Gasteiger partial charge < -0.3 is 10.4 Å². The van der Waals surface area contributed by atoms with Gasteiger partial charge in [0.05, 0.1) is 17.5 Å². The lowest BCUT2D eigenvalue weighted by Gasteiger charge is -2.56. The van der Waals surface area contributed by atoms with Crippen LogP contribution < -0.4 is 5.32 Å². The molecule has 3 heterocycles. The van der Waals surface area contributed by atoms with E-state index in [4.69, 9.17) is 0 Å². The predicted octanol–water partition coefficient (Wildman–Crippen LogP) is 2.06. The first-order valence-electron chi connectivity index (χ1n) is 9.16. The van der Waals surface area contributed by atoms with Crippen molar-refractivity contribution in [1.29, 1.82) is 0 Å². The zero-order valence-corrected chi connectivity index (χ0v) is 18.4. The third-order valence-corrected chi connectivity index (χ3v) is 8.25. The molecule has 2 aromatic rings. The van der Waals surface area contributed by atoms with Crippen LogP contribution in [0.15, 0.2) is 42.2 Å². The fourth-order valence-corrected chi connectivity index (χ4v) is 7.09. The second-order valence-corrected chi connectivity index (χ2v) is 10.00. The Morgan fingerprint density at radius 2 is 2.13 bits per heavy atom. The molecule has 1 saturated heterocycles. The van der Waals surface area contributed by atoms with Crippen molar-refractivity contribution in [2.75, 3.05) is 11.5 Å². The van der Waals surface area contributed by atoms with Gasteiger partial charge in [-0.2, -0.15) is 0 Å². The molecule has 0 saturated carbocycles. The van der Waals surface area contributed by atoms with Gasteiger partial charge in [0.2, 0.25) is 5.91 Å². The molecule has 8 nitrogen and oxygen atoms in total. The molecule has 11 heteroatoms. The highest BCUT2D eigenvalue weighted by Crippen LogP contribution is 2.52. The minimum atomic E-state index is -1.18. The molecular formula is C19H18N4O4S3. The van der Waals surface area contributed by atoms with Crippen molar-refractivity contribution in [2.24, 2.45) is 0 Å². The molecule has 2 amide bonds. The van der Waals surface area contributed by atoms with Crippen LogP contribution in [0.3, 0.4) is 0 Å². The van der Waals surface area contributed by atoms with E-state index in [2.05, 4.69) is 14.9 Å². The lowest BCUT2D eigenvalue weighted by atomic mass is 10.0. The zero-order valence-electron chi connectivity index (χ0n) is 15.9. The summed E-state index contributed by atoms with van der Waals surface area (Å²) in [6.45, 7) is 1.90. The van der Waals surface area contributed by atoms with E-state index in [0.717, 1.165) is 17.1 Å². The minimum Gasteiger partial charge on any atom is -0.477 e. The van der Waals surface area contributed by atoms with Gasteiger partial charge in [0.15, 0.2) is 4.87 Å². The third kappa shape index (κ3) is 3.50. The molecule has 1 aromatic carbocycles. The summed E-state index contributed by atoms with van der Waals surface area (Å²) in [5.41, 5.74) is 1.31. The number of benzene rings is 1. The molecule has 0 radical (unpaired) electrons. The third-order valence-electron chi connectivity index (χ3n) is 4.80. The number of β-lactam (4-membered cyclic amide) rings is 1. The van der Waals surface area contributed by atoms with Crippen LogP contribution in [0.2, 0.25) is 0 Å². The van der Waals surface area contributed by atoms with Gasteiger partial charge in [0, 0.05) is 11.3 Å². The van der Waals surface area contributed by atoms with E-state index in [1.807, 2.05) is 37.3 Å². The number of fused-ring (bicyclic) bond motifs is 1. The summed E-state index contributed by atoms with van der Waals surface area (Å²) in [6.07, 6.45) is 1.65. The van der Waals surface area contributed by atoms with Gasteiger partial charge in [-0.1, -0.05) is 41.7 Å². The lowest BCUT2D eigenvalue weighted by Crippen LogP contribution is -2.78. The van der Waals surface area contributed by atoms with Gasteiger partial charge in [-0.05, 0) is 22.8 Å². The molecule has 4 rings (SSSR count). The monoisotopic (exact) mass is 462 g/mol. The second-order valence-electron chi connectivity index (χ2n) is 6.63. The number of aromatic nitrogens is 2. The van der Waals surface area contributed by atoms with E-state index in [1.165, 1.54) is 34.6 Å². The summed E-state index contributed by atoms with van der Waals surface area (Å²) in [6, 6.07) is 9.28. The van der Waals surface area contributed by atoms with Crippen molar-refractivity contribution in [1.82, 2.24) is 19.8 Å². The van der Waals surface area contributed by atoms with E-state index >= 15 is 0 Å². The number of carbonyl (C=O) groups is 3. The molecule has 0 unspecified atom stereocenters. The zero-order chi connectivity index (χ0) is 21.3. The van der Waals surface area contributed by atoms with E-state index in [-0.39, 0.29) is 18.0 Å². The topological polar surface area (TPSA) is 112 Å². The van der Waals surface area contributed by atoms with Crippen molar-refractivity contribution in [3.05, 3.63) is 52.7 Å². The summed E-state index contributed by atoms with van der Waals surface area (Å²) in [5.74, 6) is -0.877. The smallest absolute Gasteiger partial charge is 0.353 e. The maximum Gasteiger partial charge on any atom is 0.353 e. The average Bonchev–Trinajstić information content (AvgIpc) is 3.27. The number of nitrogens with zero attached hydrogens (tertiary/aromatic N) is 3. The molecule has 0 bridgehead atoms. The molecule has 1 aromatic heterocycles. The van der Waals surface area contributed by atoms with Crippen molar-refractivity contribution in [3.63, 3.8) is 0 Å².